The molecule has 0 atom stereocenters. The van der Waals surface area contributed by atoms with Gasteiger partial charge in [-0.3, -0.25) is 4.79 Å². The van der Waals surface area contributed by atoms with Gasteiger partial charge in [0.1, 0.15) is 5.82 Å². The van der Waals surface area contributed by atoms with Crippen LogP contribution in [0.15, 0.2) is 22.7 Å². The molecule has 0 aromatic heterocycles. The van der Waals surface area contributed by atoms with Gasteiger partial charge in [-0.05, 0) is 36.6 Å². The predicted molar refractivity (Wildman–Crippen MR) is 85.1 cm³/mol. The minimum absolute atomic E-state index is 0.117. The number of hydrogen-bond acceptors (Lipinski definition) is 3. The van der Waals surface area contributed by atoms with Crippen molar-refractivity contribution in [1.29, 1.82) is 0 Å². The van der Waals surface area contributed by atoms with E-state index in [0.29, 0.717) is 36.0 Å². The molecule has 5 nitrogen and oxygen atoms in total. The molecule has 1 fully saturated rings. The van der Waals surface area contributed by atoms with Gasteiger partial charge in [0.05, 0.1) is 6.26 Å². The molecule has 0 saturated carbocycles. The molecule has 0 unspecified atom stereocenters. The predicted octanol–water partition coefficient (Wildman–Crippen LogP) is 1.88. The van der Waals surface area contributed by atoms with Gasteiger partial charge in [-0.2, -0.15) is 0 Å². The smallest absolute Gasteiger partial charge is 0.223 e. The summed E-state index contributed by atoms with van der Waals surface area (Å²) in [4.78, 5) is 12.1. The Morgan fingerprint density at radius 3 is 2.55 bits per heavy atom. The highest BCUT2D eigenvalue weighted by Crippen LogP contribution is 2.20. The normalized spacial score (nSPS) is 17.4. The monoisotopic (exact) mass is 392 g/mol. The van der Waals surface area contributed by atoms with Crippen LogP contribution >= 0.6 is 15.9 Å². The van der Waals surface area contributed by atoms with E-state index in [0.717, 1.165) is 0 Å². The van der Waals surface area contributed by atoms with Gasteiger partial charge < -0.3 is 5.32 Å². The van der Waals surface area contributed by atoms with Crippen LogP contribution in [0.25, 0.3) is 0 Å². The molecule has 1 saturated heterocycles. The van der Waals surface area contributed by atoms with Gasteiger partial charge in [0.25, 0.3) is 0 Å². The summed E-state index contributed by atoms with van der Waals surface area (Å²) in [6.07, 6.45) is 2.19. The molecule has 0 aliphatic carbocycles. The number of benzene rings is 1. The maximum Gasteiger partial charge on any atom is 0.223 e. The first-order valence-electron chi connectivity index (χ1n) is 6.93. The molecule has 0 radical (unpaired) electrons. The molecule has 1 aromatic carbocycles. The van der Waals surface area contributed by atoms with Crippen molar-refractivity contribution in [3.8, 4) is 0 Å². The second-order valence-corrected chi connectivity index (χ2v) is 8.33. The van der Waals surface area contributed by atoms with Gasteiger partial charge >= 0.3 is 0 Å². The molecule has 1 N–H and O–H groups in total. The highest BCUT2D eigenvalue weighted by molar-refractivity contribution is 9.10. The maximum absolute atomic E-state index is 13.3. The molecule has 1 heterocycles. The standard InChI is InChI=1S/C14H18BrFN2O3S/c1-22(20,21)18-4-2-11(3-5-18)14(19)17-9-10-6-12(15)8-13(16)7-10/h6-8,11H,2-5,9H2,1H3,(H,17,19). The highest BCUT2D eigenvalue weighted by Gasteiger charge is 2.28. The second-order valence-electron chi connectivity index (χ2n) is 5.43. The minimum Gasteiger partial charge on any atom is -0.352 e. The zero-order valence-corrected chi connectivity index (χ0v) is 14.6. The summed E-state index contributed by atoms with van der Waals surface area (Å²) in [5.74, 6) is -0.677. The van der Waals surface area contributed by atoms with Gasteiger partial charge in [-0.15, -0.1) is 0 Å². The fourth-order valence-electron chi connectivity index (χ4n) is 2.50. The number of amides is 1. The molecular formula is C14H18BrFN2O3S. The Morgan fingerprint density at radius 2 is 2.00 bits per heavy atom. The number of piperidine rings is 1. The quantitative estimate of drug-likeness (QED) is 0.850. The van der Waals surface area contributed by atoms with Gasteiger partial charge in [0, 0.05) is 30.0 Å². The first-order chi connectivity index (χ1) is 10.3. The minimum atomic E-state index is -3.19. The summed E-state index contributed by atoms with van der Waals surface area (Å²) in [6, 6.07) is 4.47. The van der Waals surface area contributed by atoms with Crippen LogP contribution in [-0.2, 0) is 21.4 Å². The zero-order chi connectivity index (χ0) is 16.3. The number of nitrogens with zero attached hydrogens (tertiary/aromatic N) is 1. The van der Waals surface area contributed by atoms with Gasteiger partial charge in [-0.1, -0.05) is 15.9 Å². The van der Waals surface area contributed by atoms with E-state index in [9.17, 15) is 17.6 Å². The van der Waals surface area contributed by atoms with E-state index in [1.54, 1.807) is 6.07 Å². The van der Waals surface area contributed by atoms with Crippen molar-refractivity contribution in [2.45, 2.75) is 19.4 Å². The Labute approximate surface area is 138 Å². The summed E-state index contributed by atoms with van der Waals surface area (Å²) >= 11 is 3.21. The van der Waals surface area contributed by atoms with Crippen molar-refractivity contribution >= 4 is 31.9 Å². The lowest BCUT2D eigenvalue weighted by Gasteiger charge is -2.29. The van der Waals surface area contributed by atoms with E-state index in [2.05, 4.69) is 21.2 Å². The van der Waals surface area contributed by atoms with Gasteiger partial charge in [0.2, 0.25) is 15.9 Å². The van der Waals surface area contributed by atoms with Crippen molar-refractivity contribution in [2.24, 2.45) is 5.92 Å². The molecule has 122 valence electrons. The molecule has 8 heteroatoms. The summed E-state index contributed by atoms with van der Waals surface area (Å²) in [6.45, 7) is 0.979. The molecule has 2 rings (SSSR count). The maximum atomic E-state index is 13.3. The number of sulfonamides is 1. The molecule has 1 aliphatic heterocycles. The fourth-order valence-corrected chi connectivity index (χ4v) is 3.88. The average Bonchev–Trinajstić information content (AvgIpc) is 2.43. The van der Waals surface area contributed by atoms with E-state index >= 15 is 0 Å². The Bertz CT molecular complexity index is 638. The van der Waals surface area contributed by atoms with Gasteiger partial charge in [0.15, 0.2) is 0 Å². The summed E-state index contributed by atoms with van der Waals surface area (Å²) in [5, 5.41) is 2.78. The fraction of sp³-hybridized carbons (Fsp3) is 0.500. The Kier molecular flexibility index (Phi) is 5.57. The lowest BCUT2D eigenvalue weighted by Crippen LogP contribution is -2.42. The lowest BCUT2D eigenvalue weighted by molar-refractivity contribution is -0.126. The van der Waals surface area contributed by atoms with Crippen molar-refractivity contribution < 1.29 is 17.6 Å². The molecule has 1 aliphatic rings. The molecular weight excluding hydrogens is 375 g/mol. The summed E-state index contributed by atoms with van der Waals surface area (Å²) in [7, 11) is -3.19. The Morgan fingerprint density at radius 1 is 1.36 bits per heavy atom. The van der Waals surface area contributed by atoms with Gasteiger partial charge in [-0.25, -0.2) is 17.1 Å². The number of nitrogens with one attached hydrogen (secondary N) is 1. The topological polar surface area (TPSA) is 66.5 Å². The van der Waals surface area contributed by atoms with Crippen LogP contribution in [0.3, 0.4) is 0 Å². The van der Waals surface area contributed by atoms with E-state index in [1.807, 2.05) is 0 Å². The second kappa shape index (κ2) is 7.06. The first kappa shape index (κ1) is 17.4. The molecule has 22 heavy (non-hydrogen) atoms. The largest absolute Gasteiger partial charge is 0.352 e. The number of carbonyl (C=O) groups is 1. The van der Waals surface area contributed by atoms with Crippen LogP contribution in [0.2, 0.25) is 0 Å². The van der Waals surface area contributed by atoms with Crippen LogP contribution in [0.5, 0.6) is 0 Å². The zero-order valence-electron chi connectivity index (χ0n) is 12.2. The highest BCUT2D eigenvalue weighted by atomic mass is 79.9. The number of rotatable bonds is 4. The molecule has 1 aromatic rings. The number of hydrogen-bond donors (Lipinski definition) is 1. The molecule has 1 amide bonds. The van der Waals surface area contributed by atoms with E-state index in [4.69, 9.17) is 0 Å². The third-order valence-electron chi connectivity index (χ3n) is 3.68. The first-order valence-corrected chi connectivity index (χ1v) is 9.57. The number of halogens is 2. The van der Waals surface area contributed by atoms with Crippen LogP contribution in [0, 0.1) is 11.7 Å². The van der Waals surface area contributed by atoms with E-state index < -0.39 is 10.0 Å². The van der Waals surface area contributed by atoms with Crippen molar-refractivity contribution in [3.05, 3.63) is 34.1 Å². The van der Waals surface area contributed by atoms with E-state index in [1.165, 1.54) is 22.7 Å². The summed E-state index contributed by atoms with van der Waals surface area (Å²) in [5.41, 5.74) is 0.675. The average molecular weight is 393 g/mol. The third-order valence-corrected chi connectivity index (χ3v) is 5.44. The number of carbonyl (C=O) groups excluding carboxylic acids is 1. The lowest BCUT2D eigenvalue weighted by atomic mass is 9.97. The van der Waals surface area contributed by atoms with E-state index in [-0.39, 0.29) is 24.2 Å². The SMILES string of the molecule is CS(=O)(=O)N1CCC(C(=O)NCc2cc(F)cc(Br)c2)CC1. The van der Waals surface area contributed by atoms with Crippen LogP contribution < -0.4 is 5.32 Å². The molecule has 0 bridgehead atoms. The van der Waals surface area contributed by atoms with Crippen LogP contribution in [0.4, 0.5) is 4.39 Å². The Balaban J connectivity index is 1.86. The van der Waals surface area contributed by atoms with Crippen molar-refractivity contribution in [2.75, 3.05) is 19.3 Å². The summed E-state index contributed by atoms with van der Waals surface area (Å²) < 4.78 is 38.1. The van der Waals surface area contributed by atoms with Crippen LogP contribution in [0.1, 0.15) is 18.4 Å². The van der Waals surface area contributed by atoms with Crippen molar-refractivity contribution in [3.63, 3.8) is 0 Å². The van der Waals surface area contributed by atoms with Crippen LogP contribution in [-0.4, -0.2) is 38.0 Å². The Hall–Kier alpha value is -0.990. The van der Waals surface area contributed by atoms with Crippen molar-refractivity contribution in [1.82, 2.24) is 9.62 Å². The molecule has 0 spiro atoms. The third kappa shape index (κ3) is 4.76.